The van der Waals surface area contributed by atoms with Gasteiger partial charge in [-0.05, 0) is 55.5 Å². The molecule has 1 heterocycles. The summed E-state index contributed by atoms with van der Waals surface area (Å²) in [4.78, 5) is 26.4. The van der Waals surface area contributed by atoms with Crippen LogP contribution in [0.15, 0.2) is 53.0 Å². The normalized spacial score (nSPS) is 16.8. The zero-order valence-corrected chi connectivity index (χ0v) is 15.5. The van der Waals surface area contributed by atoms with Gasteiger partial charge in [0, 0.05) is 28.8 Å². The van der Waals surface area contributed by atoms with Gasteiger partial charge in [-0.3, -0.25) is 9.59 Å². The number of nitrogens with one attached hydrogen (secondary N) is 1. The van der Waals surface area contributed by atoms with Crippen molar-refractivity contribution in [3.63, 3.8) is 0 Å². The monoisotopic (exact) mass is 402 g/mol. The average molecular weight is 403 g/mol. The van der Waals surface area contributed by atoms with Crippen LogP contribution in [-0.4, -0.2) is 25.0 Å². The highest BCUT2D eigenvalue weighted by atomic mass is 79.9. The molecule has 0 saturated carbocycles. The smallest absolute Gasteiger partial charge is 0.229 e. The number of hydrogen-bond donors (Lipinski definition) is 1. The predicted molar refractivity (Wildman–Crippen MR) is 101 cm³/mol. The molecule has 6 heteroatoms. The highest BCUT2D eigenvalue weighted by Gasteiger charge is 2.35. The number of nitrogens with zero attached hydrogens (tertiary/aromatic N) is 1. The van der Waals surface area contributed by atoms with Gasteiger partial charge in [-0.25, -0.2) is 0 Å². The summed E-state index contributed by atoms with van der Waals surface area (Å²) in [6.07, 6.45) is 0.218. The highest BCUT2D eigenvalue weighted by Crippen LogP contribution is 2.27. The first-order valence-corrected chi connectivity index (χ1v) is 8.96. The van der Waals surface area contributed by atoms with Gasteiger partial charge < -0.3 is 15.0 Å². The third-order valence-electron chi connectivity index (χ3n) is 4.07. The lowest BCUT2D eigenvalue weighted by molar-refractivity contribution is -0.122. The van der Waals surface area contributed by atoms with E-state index >= 15 is 0 Å². The second kappa shape index (κ2) is 7.70. The van der Waals surface area contributed by atoms with Crippen LogP contribution < -0.4 is 15.0 Å². The Bertz CT molecular complexity index is 759. The molecule has 0 spiro atoms. The number of anilines is 2. The number of carbonyl (C=O) groups excluding carboxylic acids is 2. The van der Waals surface area contributed by atoms with E-state index in [2.05, 4.69) is 21.2 Å². The van der Waals surface area contributed by atoms with Crippen LogP contribution in [0, 0.1) is 5.92 Å². The van der Waals surface area contributed by atoms with E-state index < -0.39 is 0 Å². The topological polar surface area (TPSA) is 58.6 Å². The largest absolute Gasteiger partial charge is 0.494 e. The Morgan fingerprint density at radius 1 is 1.20 bits per heavy atom. The summed E-state index contributed by atoms with van der Waals surface area (Å²) in [5.41, 5.74) is 1.51. The molecule has 2 amide bonds. The number of amides is 2. The van der Waals surface area contributed by atoms with Crippen LogP contribution in [0.4, 0.5) is 11.4 Å². The van der Waals surface area contributed by atoms with E-state index in [1.165, 1.54) is 0 Å². The molecule has 1 fully saturated rings. The van der Waals surface area contributed by atoms with Crippen LogP contribution in [0.1, 0.15) is 13.3 Å². The Labute approximate surface area is 155 Å². The number of ether oxygens (including phenoxy) is 1. The predicted octanol–water partition coefficient (Wildman–Crippen LogP) is 3.84. The standard InChI is InChI=1S/C19H19BrN2O3/c1-2-25-17-9-7-16(8-10-17)22-12-13(11-18(22)23)19(24)21-15-5-3-14(20)4-6-15/h3-10,13H,2,11-12H2,1H3,(H,21,24). The van der Waals surface area contributed by atoms with Crippen LogP contribution >= 0.6 is 15.9 Å². The minimum atomic E-state index is -0.359. The van der Waals surface area contributed by atoms with Crippen molar-refractivity contribution < 1.29 is 14.3 Å². The van der Waals surface area contributed by atoms with Crippen molar-refractivity contribution in [3.05, 3.63) is 53.0 Å². The molecular formula is C19H19BrN2O3. The number of halogens is 1. The fourth-order valence-electron chi connectivity index (χ4n) is 2.80. The van der Waals surface area contributed by atoms with Crippen molar-refractivity contribution >= 4 is 39.1 Å². The molecule has 1 aliphatic heterocycles. The molecule has 0 bridgehead atoms. The first-order chi connectivity index (χ1) is 12.1. The van der Waals surface area contributed by atoms with E-state index in [1.54, 1.807) is 4.90 Å². The van der Waals surface area contributed by atoms with E-state index in [-0.39, 0.29) is 24.2 Å². The summed E-state index contributed by atoms with van der Waals surface area (Å²) in [5, 5.41) is 2.87. The van der Waals surface area contributed by atoms with Crippen molar-refractivity contribution in [2.45, 2.75) is 13.3 Å². The maximum absolute atomic E-state index is 12.4. The fraction of sp³-hybridized carbons (Fsp3) is 0.263. The van der Waals surface area contributed by atoms with Gasteiger partial charge in [0.05, 0.1) is 12.5 Å². The van der Waals surface area contributed by atoms with Crippen LogP contribution in [-0.2, 0) is 9.59 Å². The molecule has 1 N–H and O–H groups in total. The van der Waals surface area contributed by atoms with Crippen LogP contribution in [0.5, 0.6) is 5.75 Å². The third-order valence-corrected chi connectivity index (χ3v) is 4.60. The maximum atomic E-state index is 12.4. The quantitative estimate of drug-likeness (QED) is 0.826. The Morgan fingerprint density at radius 3 is 2.52 bits per heavy atom. The van der Waals surface area contributed by atoms with Gasteiger partial charge in [-0.2, -0.15) is 0 Å². The number of hydrogen-bond acceptors (Lipinski definition) is 3. The summed E-state index contributed by atoms with van der Waals surface area (Å²) < 4.78 is 6.36. The maximum Gasteiger partial charge on any atom is 0.229 e. The van der Waals surface area contributed by atoms with Crippen molar-refractivity contribution in [3.8, 4) is 5.75 Å². The molecule has 2 aromatic carbocycles. The summed E-state index contributed by atoms with van der Waals surface area (Å²) in [6.45, 7) is 2.90. The minimum Gasteiger partial charge on any atom is -0.494 e. The second-order valence-electron chi connectivity index (χ2n) is 5.83. The Morgan fingerprint density at radius 2 is 1.88 bits per heavy atom. The van der Waals surface area contributed by atoms with E-state index in [0.717, 1.165) is 21.6 Å². The SMILES string of the molecule is CCOc1ccc(N2CC(C(=O)Nc3ccc(Br)cc3)CC2=O)cc1. The van der Waals surface area contributed by atoms with E-state index in [1.807, 2.05) is 55.5 Å². The van der Waals surface area contributed by atoms with Gasteiger partial charge in [0.2, 0.25) is 11.8 Å². The van der Waals surface area contributed by atoms with Gasteiger partial charge in [-0.15, -0.1) is 0 Å². The summed E-state index contributed by atoms with van der Waals surface area (Å²) in [7, 11) is 0. The molecule has 3 rings (SSSR count). The molecule has 1 saturated heterocycles. The molecule has 130 valence electrons. The van der Waals surface area contributed by atoms with Crippen molar-refractivity contribution in [2.24, 2.45) is 5.92 Å². The zero-order valence-electron chi connectivity index (χ0n) is 13.9. The van der Waals surface area contributed by atoms with Crippen molar-refractivity contribution in [2.75, 3.05) is 23.4 Å². The first-order valence-electron chi connectivity index (χ1n) is 8.16. The zero-order chi connectivity index (χ0) is 17.8. The van der Waals surface area contributed by atoms with Crippen LogP contribution in [0.2, 0.25) is 0 Å². The lowest BCUT2D eigenvalue weighted by Crippen LogP contribution is -2.28. The molecule has 0 aromatic heterocycles. The van der Waals surface area contributed by atoms with E-state index in [9.17, 15) is 9.59 Å². The summed E-state index contributed by atoms with van der Waals surface area (Å²) >= 11 is 3.36. The van der Waals surface area contributed by atoms with Crippen LogP contribution in [0.25, 0.3) is 0 Å². The molecule has 0 aliphatic carbocycles. The molecule has 25 heavy (non-hydrogen) atoms. The van der Waals surface area contributed by atoms with Gasteiger partial charge in [-0.1, -0.05) is 15.9 Å². The molecule has 2 aromatic rings. The van der Waals surface area contributed by atoms with Gasteiger partial charge >= 0.3 is 0 Å². The Balaban J connectivity index is 1.65. The summed E-state index contributed by atoms with van der Waals surface area (Å²) in [5.74, 6) is 0.231. The van der Waals surface area contributed by atoms with Gasteiger partial charge in [0.15, 0.2) is 0 Å². The molecule has 1 atom stereocenters. The minimum absolute atomic E-state index is 0.0416. The Kier molecular flexibility index (Phi) is 5.38. The molecular weight excluding hydrogens is 384 g/mol. The first kappa shape index (κ1) is 17.5. The summed E-state index contributed by atoms with van der Waals surface area (Å²) in [6, 6.07) is 14.7. The molecule has 5 nitrogen and oxygen atoms in total. The van der Waals surface area contributed by atoms with Crippen molar-refractivity contribution in [1.82, 2.24) is 0 Å². The molecule has 1 unspecified atom stereocenters. The number of carbonyl (C=O) groups is 2. The average Bonchev–Trinajstić information content (AvgIpc) is 3.00. The molecule has 0 radical (unpaired) electrons. The lowest BCUT2D eigenvalue weighted by Gasteiger charge is -2.17. The number of rotatable bonds is 5. The fourth-order valence-corrected chi connectivity index (χ4v) is 3.06. The lowest BCUT2D eigenvalue weighted by atomic mass is 10.1. The van der Waals surface area contributed by atoms with Gasteiger partial charge in [0.25, 0.3) is 0 Å². The van der Waals surface area contributed by atoms with Gasteiger partial charge in [0.1, 0.15) is 5.75 Å². The number of benzene rings is 2. The van der Waals surface area contributed by atoms with E-state index in [4.69, 9.17) is 4.74 Å². The van der Waals surface area contributed by atoms with E-state index in [0.29, 0.717) is 13.2 Å². The van der Waals surface area contributed by atoms with Crippen LogP contribution in [0.3, 0.4) is 0 Å². The molecule has 1 aliphatic rings. The highest BCUT2D eigenvalue weighted by molar-refractivity contribution is 9.10. The second-order valence-corrected chi connectivity index (χ2v) is 6.74. The Hall–Kier alpha value is -2.34. The van der Waals surface area contributed by atoms with Crippen molar-refractivity contribution in [1.29, 1.82) is 0 Å². The third kappa shape index (κ3) is 4.20.